The second kappa shape index (κ2) is 4.77. The maximum atomic E-state index is 4.58. The van der Waals surface area contributed by atoms with Crippen LogP contribution in [0.1, 0.15) is 24.4 Å². The molecule has 102 valence electrons. The molecule has 0 bridgehead atoms. The third-order valence-corrected chi connectivity index (χ3v) is 3.74. The summed E-state index contributed by atoms with van der Waals surface area (Å²) in [5.41, 5.74) is 1.80. The van der Waals surface area contributed by atoms with E-state index >= 15 is 0 Å². The summed E-state index contributed by atoms with van der Waals surface area (Å²) in [5, 5.41) is 11.9. The number of aryl methyl sites for hydroxylation is 2. The Hall–Kier alpha value is -1.69. The van der Waals surface area contributed by atoms with Gasteiger partial charge in [-0.25, -0.2) is 4.98 Å². The fourth-order valence-electron chi connectivity index (χ4n) is 2.57. The highest BCUT2D eigenvalue weighted by Crippen LogP contribution is 2.19. The van der Waals surface area contributed by atoms with E-state index in [9.17, 15) is 0 Å². The molecule has 19 heavy (non-hydrogen) atoms. The number of anilines is 1. The monoisotopic (exact) mass is 260 g/mol. The van der Waals surface area contributed by atoms with Gasteiger partial charge >= 0.3 is 0 Å². The second-order valence-electron chi connectivity index (χ2n) is 5.39. The lowest BCUT2D eigenvalue weighted by molar-refractivity contribution is 0.263. The first kappa shape index (κ1) is 12.3. The summed E-state index contributed by atoms with van der Waals surface area (Å²) in [6, 6.07) is 0.478. The molecule has 1 N–H and O–H groups in total. The molecular weight excluding hydrogens is 240 g/mol. The number of aromatic nitrogens is 4. The van der Waals surface area contributed by atoms with Crippen molar-refractivity contribution < 1.29 is 0 Å². The highest BCUT2D eigenvalue weighted by Gasteiger charge is 2.19. The Labute approximate surface area is 112 Å². The Morgan fingerprint density at radius 2 is 1.95 bits per heavy atom. The summed E-state index contributed by atoms with van der Waals surface area (Å²) in [6.07, 6.45) is 4.27. The largest absolute Gasteiger partial charge is 0.364 e. The number of nitrogens with zero attached hydrogens (tertiary/aromatic N) is 5. The van der Waals surface area contributed by atoms with E-state index < -0.39 is 0 Å². The van der Waals surface area contributed by atoms with Crippen molar-refractivity contribution in [2.24, 2.45) is 0 Å². The Morgan fingerprint density at radius 3 is 2.68 bits per heavy atom. The molecule has 3 rings (SSSR count). The average Bonchev–Trinajstić information content (AvgIpc) is 2.74. The minimum absolute atomic E-state index is 0.478. The van der Waals surface area contributed by atoms with Crippen molar-refractivity contribution in [2.45, 2.75) is 32.7 Å². The van der Waals surface area contributed by atoms with E-state index in [0.717, 1.165) is 48.9 Å². The van der Waals surface area contributed by atoms with Crippen LogP contribution in [0.4, 0.5) is 5.82 Å². The Morgan fingerprint density at radius 1 is 1.21 bits per heavy atom. The van der Waals surface area contributed by atoms with Crippen molar-refractivity contribution in [1.29, 1.82) is 0 Å². The zero-order chi connectivity index (χ0) is 13.4. The van der Waals surface area contributed by atoms with Crippen LogP contribution in [0, 0.1) is 13.8 Å². The third kappa shape index (κ3) is 2.40. The number of piperidine rings is 1. The highest BCUT2D eigenvalue weighted by atomic mass is 15.3. The molecule has 6 nitrogen and oxygen atoms in total. The van der Waals surface area contributed by atoms with Gasteiger partial charge in [0.2, 0.25) is 5.65 Å². The SMILES string of the molecule is Cc1cn2c(C)nnc2c(NC2CCN(C)CC2)n1. The van der Waals surface area contributed by atoms with Gasteiger partial charge in [-0.05, 0) is 46.8 Å². The lowest BCUT2D eigenvalue weighted by Crippen LogP contribution is -2.37. The molecule has 1 fully saturated rings. The predicted octanol–water partition coefficient (Wildman–Crippen LogP) is 1.25. The third-order valence-electron chi connectivity index (χ3n) is 3.74. The van der Waals surface area contributed by atoms with Crippen molar-refractivity contribution in [2.75, 3.05) is 25.5 Å². The van der Waals surface area contributed by atoms with Gasteiger partial charge in [0, 0.05) is 12.2 Å². The molecule has 0 spiro atoms. The van der Waals surface area contributed by atoms with Crippen LogP contribution >= 0.6 is 0 Å². The lowest BCUT2D eigenvalue weighted by atomic mass is 10.1. The molecule has 2 aromatic rings. The first-order chi connectivity index (χ1) is 9.13. The molecule has 1 aliphatic heterocycles. The van der Waals surface area contributed by atoms with Gasteiger partial charge < -0.3 is 10.2 Å². The first-order valence-electron chi connectivity index (χ1n) is 6.77. The van der Waals surface area contributed by atoms with Crippen LogP contribution in [0.15, 0.2) is 6.20 Å². The molecule has 0 unspecified atom stereocenters. The van der Waals surface area contributed by atoms with Crippen molar-refractivity contribution in [3.05, 3.63) is 17.7 Å². The van der Waals surface area contributed by atoms with E-state index in [1.165, 1.54) is 0 Å². The average molecular weight is 260 g/mol. The number of nitrogens with one attached hydrogen (secondary N) is 1. The van der Waals surface area contributed by atoms with Gasteiger partial charge in [-0.3, -0.25) is 4.40 Å². The zero-order valence-corrected chi connectivity index (χ0v) is 11.7. The highest BCUT2D eigenvalue weighted by molar-refractivity contribution is 5.63. The number of fused-ring (bicyclic) bond motifs is 1. The lowest BCUT2D eigenvalue weighted by Gasteiger charge is -2.29. The molecule has 0 atom stereocenters. The summed E-state index contributed by atoms with van der Waals surface area (Å²) in [5.74, 6) is 1.75. The van der Waals surface area contributed by atoms with Crippen LogP contribution in [-0.2, 0) is 0 Å². The molecule has 3 heterocycles. The minimum Gasteiger partial charge on any atom is -0.364 e. The van der Waals surface area contributed by atoms with Gasteiger partial charge in [-0.15, -0.1) is 10.2 Å². The van der Waals surface area contributed by atoms with Crippen molar-refractivity contribution >= 4 is 11.5 Å². The topological polar surface area (TPSA) is 58.4 Å². The molecule has 2 aromatic heterocycles. The van der Waals surface area contributed by atoms with Crippen molar-refractivity contribution in [3.63, 3.8) is 0 Å². The normalized spacial score (nSPS) is 18.1. The van der Waals surface area contributed by atoms with Crippen LogP contribution in [0.2, 0.25) is 0 Å². The minimum atomic E-state index is 0.478. The van der Waals surface area contributed by atoms with Gasteiger partial charge in [-0.1, -0.05) is 0 Å². The number of hydrogen-bond acceptors (Lipinski definition) is 5. The van der Waals surface area contributed by atoms with Crippen molar-refractivity contribution in [3.8, 4) is 0 Å². The smallest absolute Gasteiger partial charge is 0.203 e. The van der Waals surface area contributed by atoms with Crippen LogP contribution < -0.4 is 5.32 Å². The fourth-order valence-corrected chi connectivity index (χ4v) is 2.57. The van der Waals surface area contributed by atoms with E-state index in [0.29, 0.717) is 6.04 Å². The summed E-state index contributed by atoms with van der Waals surface area (Å²) in [6.45, 7) is 6.22. The summed E-state index contributed by atoms with van der Waals surface area (Å²) in [4.78, 5) is 6.94. The molecule has 0 aliphatic carbocycles. The molecule has 6 heteroatoms. The van der Waals surface area contributed by atoms with E-state index in [1.807, 2.05) is 24.4 Å². The van der Waals surface area contributed by atoms with Gasteiger partial charge in [0.1, 0.15) is 5.82 Å². The molecule has 0 saturated carbocycles. The van der Waals surface area contributed by atoms with Crippen LogP contribution in [0.5, 0.6) is 0 Å². The van der Waals surface area contributed by atoms with Crippen LogP contribution in [0.3, 0.4) is 0 Å². The van der Waals surface area contributed by atoms with E-state index in [1.54, 1.807) is 0 Å². The van der Waals surface area contributed by atoms with Gasteiger partial charge in [0.25, 0.3) is 0 Å². The Bertz CT molecular complexity index is 582. The van der Waals surface area contributed by atoms with Crippen molar-refractivity contribution in [1.82, 2.24) is 24.5 Å². The number of rotatable bonds is 2. The van der Waals surface area contributed by atoms with E-state index in [-0.39, 0.29) is 0 Å². The molecule has 0 radical (unpaired) electrons. The van der Waals surface area contributed by atoms with Gasteiger partial charge in [0.15, 0.2) is 5.82 Å². The van der Waals surface area contributed by atoms with Gasteiger partial charge in [0.05, 0.1) is 5.69 Å². The van der Waals surface area contributed by atoms with Crippen LogP contribution in [-0.4, -0.2) is 50.7 Å². The molecule has 0 amide bonds. The molecule has 1 aliphatic rings. The Kier molecular flexibility index (Phi) is 3.10. The van der Waals surface area contributed by atoms with E-state index in [4.69, 9.17) is 0 Å². The predicted molar refractivity (Wildman–Crippen MR) is 74.4 cm³/mol. The standard InChI is InChI=1S/C13H20N6/c1-9-8-19-10(2)16-17-13(19)12(14-9)15-11-4-6-18(3)7-5-11/h8,11H,4-7H2,1-3H3,(H,14,15). The number of likely N-dealkylation sites (tertiary alicyclic amines) is 1. The first-order valence-corrected chi connectivity index (χ1v) is 6.77. The fraction of sp³-hybridized carbons (Fsp3) is 0.615. The van der Waals surface area contributed by atoms with E-state index in [2.05, 4.69) is 32.4 Å². The quantitative estimate of drug-likeness (QED) is 0.880. The van der Waals surface area contributed by atoms with Crippen LogP contribution in [0.25, 0.3) is 5.65 Å². The molecule has 1 saturated heterocycles. The second-order valence-corrected chi connectivity index (χ2v) is 5.39. The summed E-state index contributed by atoms with van der Waals surface area (Å²) < 4.78 is 2.00. The maximum absolute atomic E-state index is 4.58. The maximum Gasteiger partial charge on any atom is 0.203 e. The number of hydrogen-bond donors (Lipinski definition) is 1. The molecule has 0 aromatic carbocycles. The molecular formula is C13H20N6. The zero-order valence-electron chi connectivity index (χ0n) is 11.7. The summed E-state index contributed by atoms with van der Waals surface area (Å²) >= 11 is 0. The van der Waals surface area contributed by atoms with Gasteiger partial charge in [-0.2, -0.15) is 0 Å². The summed E-state index contributed by atoms with van der Waals surface area (Å²) in [7, 11) is 2.17. The Balaban J connectivity index is 1.88.